The summed E-state index contributed by atoms with van der Waals surface area (Å²) in [6.45, 7) is -1.97. The topological polar surface area (TPSA) is 300 Å². The first-order valence-corrected chi connectivity index (χ1v) is 15.6. The lowest BCUT2D eigenvalue weighted by Crippen LogP contribution is -2.40. The fourth-order valence-electron chi connectivity index (χ4n) is 4.52. The molecule has 4 heterocycles. The minimum Gasteiger partial charge on any atom is -0.756 e. The second-order valence-electron chi connectivity index (χ2n) is 9.77. The molecular formula is C22H30N4O15P2-2. The molecule has 0 aromatic heterocycles. The van der Waals surface area contributed by atoms with Crippen LogP contribution in [-0.2, 0) is 41.6 Å². The number of primary amides is 2. The molecule has 4 aliphatic heterocycles. The second kappa shape index (κ2) is 13.3. The number of nitrogens with zero attached hydrogens (tertiary/aromatic N) is 2. The highest BCUT2D eigenvalue weighted by Gasteiger charge is 2.47. The molecule has 0 radical (unpaired) electrons. The van der Waals surface area contributed by atoms with Crippen molar-refractivity contribution < 1.29 is 71.8 Å². The van der Waals surface area contributed by atoms with Gasteiger partial charge in [-0.25, -0.2) is 4.31 Å². The number of hydrogen-bond donors (Lipinski definition) is 6. The van der Waals surface area contributed by atoms with E-state index >= 15 is 0 Å². The van der Waals surface area contributed by atoms with Gasteiger partial charge in [0.2, 0.25) is 11.8 Å². The third-order valence-corrected chi connectivity index (χ3v) is 9.26. The summed E-state index contributed by atoms with van der Waals surface area (Å²) < 4.78 is 48.4. The third-order valence-electron chi connectivity index (χ3n) is 6.73. The van der Waals surface area contributed by atoms with E-state index in [0.29, 0.717) is 0 Å². The van der Waals surface area contributed by atoms with Crippen molar-refractivity contribution in [1.29, 1.82) is 0 Å². The first kappa shape index (κ1) is 33.4. The van der Waals surface area contributed by atoms with Gasteiger partial charge in [-0.15, -0.1) is 0 Å². The standard InChI is InChI=1S/C22H32N4O15P2/c23-19(31)11-3-1-5-25(7-11)21-17(29)15(27)13(39-21)9-37-42(33,34)41-43(35,36)38-10-14-16(28)18(30)22(40-14)26-6-2-4-12(8-26)20(24)32/h1-2,5-8,13-18,21-22,27-30H,3-4,9-10H2,(H2,23,31)(H2,24,32)(H,33,34)(H,35,36)/p-2/t13-,14-,15-,16-,17-,18-,21-,22-/m1/s1. The van der Waals surface area contributed by atoms with Gasteiger partial charge in [0.1, 0.15) is 36.6 Å². The molecule has 0 spiro atoms. The van der Waals surface area contributed by atoms with Crippen LogP contribution in [0, 0.1) is 0 Å². The van der Waals surface area contributed by atoms with Crippen molar-refractivity contribution in [1.82, 2.24) is 9.80 Å². The number of amides is 2. The highest BCUT2D eigenvalue weighted by Crippen LogP contribution is 2.56. The van der Waals surface area contributed by atoms with Gasteiger partial charge < -0.3 is 70.0 Å². The minimum atomic E-state index is -5.67. The number of phosphoric acid groups is 2. The lowest BCUT2D eigenvalue weighted by atomic mass is 10.1. The Balaban J connectivity index is 1.29. The number of allylic oxidation sites excluding steroid dienone is 2. The van der Waals surface area contributed by atoms with Crippen molar-refractivity contribution >= 4 is 27.5 Å². The Hall–Kier alpha value is -2.48. The van der Waals surface area contributed by atoms with Gasteiger partial charge in [-0.2, -0.15) is 0 Å². The van der Waals surface area contributed by atoms with Gasteiger partial charge in [0.15, 0.2) is 12.5 Å². The number of rotatable bonds is 12. The molecule has 0 aliphatic carbocycles. The van der Waals surface area contributed by atoms with E-state index in [2.05, 4.69) is 13.4 Å². The zero-order valence-corrected chi connectivity index (χ0v) is 23.9. The van der Waals surface area contributed by atoms with Gasteiger partial charge in [-0.1, -0.05) is 12.2 Å². The predicted molar refractivity (Wildman–Crippen MR) is 135 cm³/mol. The van der Waals surface area contributed by atoms with Crippen LogP contribution in [0.1, 0.15) is 12.8 Å². The lowest BCUT2D eigenvalue weighted by Gasteiger charge is -2.32. The summed E-state index contributed by atoms with van der Waals surface area (Å²) in [4.78, 5) is 49.8. The average molecular weight is 652 g/mol. The molecule has 2 fully saturated rings. The molecule has 21 heteroatoms. The number of nitrogens with two attached hydrogens (primary N) is 2. The van der Waals surface area contributed by atoms with E-state index in [1.165, 1.54) is 46.8 Å². The molecule has 0 saturated carbocycles. The van der Waals surface area contributed by atoms with Crippen molar-refractivity contribution in [3.8, 4) is 0 Å². The van der Waals surface area contributed by atoms with Crippen LogP contribution in [0.25, 0.3) is 0 Å². The highest BCUT2D eigenvalue weighted by molar-refractivity contribution is 7.59. The Kier molecular flexibility index (Phi) is 10.3. The van der Waals surface area contributed by atoms with E-state index in [1.54, 1.807) is 0 Å². The molecule has 19 nitrogen and oxygen atoms in total. The van der Waals surface area contributed by atoms with Crippen LogP contribution in [0.4, 0.5) is 0 Å². The largest absolute Gasteiger partial charge is 0.756 e. The van der Waals surface area contributed by atoms with E-state index in [1.807, 2.05) is 0 Å². The summed E-state index contributed by atoms with van der Waals surface area (Å²) in [5.74, 6) is -1.45. The molecule has 4 aliphatic rings. The summed E-state index contributed by atoms with van der Waals surface area (Å²) in [5.41, 5.74) is 10.9. The Morgan fingerprint density at radius 3 is 1.51 bits per heavy atom. The summed E-state index contributed by atoms with van der Waals surface area (Å²) >= 11 is 0. The van der Waals surface area contributed by atoms with E-state index in [-0.39, 0.29) is 24.0 Å². The molecule has 2 saturated heterocycles. The zero-order valence-electron chi connectivity index (χ0n) is 22.1. The monoisotopic (exact) mass is 652 g/mol. The van der Waals surface area contributed by atoms with Crippen LogP contribution in [0.15, 0.2) is 48.1 Å². The fraction of sp³-hybridized carbons (Fsp3) is 0.545. The van der Waals surface area contributed by atoms with E-state index in [0.717, 1.165) is 0 Å². The van der Waals surface area contributed by atoms with Crippen molar-refractivity contribution in [2.75, 3.05) is 13.2 Å². The Bertz CT molecular complexity index is 1210. The van der Waals surface area contributed by atoms with Gasteiger partial charge in [-0.3, -0.25) is 18.7 Å². The summed E-state index contributed by atoms with van der Waals surface area (Å²) in [5, 5.41) is 41.3. The van der Waals surface area contributed by atoms with Crippen LogP contribution in [0.3, 0.4) is 0 Å². The minimum absolute atomic E-state index is 0.175. The van der Waals surface area contributed by atoms with E-state index in [9.17, 15) is 48.9 Å². The highest BCUT2D eigenvalue weighted by atomic mass is 31.3. The number of phosphoric ester groups is 2. The molecule has 0 bridgehead atoms. The average Bonchev–Trinajstić information content (AvgIpc) is 3.40. The van der Waals surface area contributed by atoms with Crippen molar-refractivity contribution in [2.24, 2.45) is 11.5 Å². The maximum atomic E-state index is 12.2. The SMILES string of the molecule is NC(=O)C1=CN([C@@H]2O[C@H](COP(=O)([O-])OP(=O)([O-])OC[C@H]3O[C@@H](N4C=CCC(C(N)=O)=C4)[C@H](O)[C@@H]3O)[C@@H](O)[C@H]2O)C=CC1. The quantitative estimate of drug-likeness (QED) is 0.110. The van der Waals surface area contributed by atoms with Crippen LogP contribution in [0.5, 0.6) is 0 Å². The lowest BCUT2D eigenvalue weighted by molar-refractivity contribution is -0.247. The number of carbonyl (C=O) groups is 2. The fourth-order valence-corrected chi connectivity index (χ4v) is 6.54. The summed E-state index contributed by atoms with van der Waals surface area (Å²) in [6.07, 6.45) is -3.13. The molecule has 0 aromatic carbocycles. The normalized spacial score (nSPS) is 35.3. The first-order valence-electron chi connectivity index (χ1n) is 12.6. The van der Waals surface area contributed by atoms with Gasteiger partial charge in [0.25, 0.3) is 15.6 Å². The van der Waals surface area contributed by atoms with Gasteiger partial charge in [0.05, 0.1) is 13.2 Å². The summed E-state index contributed by atoms with van der Waals surface area (Å²) in [6, 6.07) is 0. The number of hydrogen-bond acceptors (Lipinski definition) is 17. The molecule has 2 unspecified atom stereocenters. The molecule has 43 heavy (non-hydrogen) atoms. The van der Waals surface area contributed by atoms with Gasteiger partial charge >= 0.3 is 0 Å². The van der Waals surface area contributed by atoms with Crippen molar-refractivity contribution in [3.63, 3.8) is 0 Å². The molecule has 240 valence electrons. The second-order valence-corrected chi connectivity index (χ2v) is 12.7. The maximum Gasteiger partial charge on any atom is 0.274 e. The van der Waals surface area contributed by atoms with E-state index in [4.69, 9.17) is 20.9 Å². The molecule has 8 N–H and O–H groups in total. The van der Waals surface area contributed by atoms with Gasteiger partial charge in [0, 0.05) is 35.9 Å². The molecular weight excluding hydrogens is 622 g/mol. The maximum absolute atomic E-state index is 12.2. The van der Waals surface area contributed by atoms with Crippen LogP contribution in [-0.4, -0.2) is 104 Å². The molecule has 10 atom stereocenters. The summed E-state index contributed by atoms with van der Waals surface area (Å²) in [7, 11) is -11.3. The number of aliphatic hydroxyl groups excluding tert-OH is 4. The van der Waals surface area contributed by atoms with Crippen LogP contribution < -0.4 is 21.3 Å². The Morgan fingerprint density at radius 1 is 0.791 bits per heavy atom. The Labute approximate surface area is 244 Å². The molecule has 0 aromatic rings. The zero-order chi connectivity index (χ0) is 31.7. The van der Waals surface area contributed by atoms with Crippen molar-refractivity contribution in [3.05, 3.63) is 48.1 Å². The third kappa shape index (κ3) is 7.98. The van der Waals surface area contributed by atoms with Gasteiger partial charge in [-0.05, 0) is 12.8 Å². The van der Waals surface area contributed by atoms with Crippen molar-refractivity contribution in [2.45, 2.75) is 61.9 Å². The Morgan fingerprint density at radius 2 is 1.16 bits per heavy atom. The number of carbonyl (C=O) groups excluding carboxylic acids is 2. The number of ether oxygens (including phenoxy) is 2. The van der Waals surface area contributed by atoms with E-state index < -0.39 is 89.8 Å². The number of aliphatic hydroxyl groups is 4. The molecule has 2 amide bonds. The van der Waals surface area contributed by atoms with Crippen LogP contribution >= 0.6 is 15.6 Å². The molecule has 4 rings (SSSR count). The first-order chi connectivity index (χ1) is 20.1. The van der Waals surface area contributed by atoms with Crippen LogP contribution in [0.2, 0.25) is 0 Å². The predicted octanol–water partition coefficient (Wildman–Crippen LogP) is -3.96. The smallest absolute Gasteiger partial charge is 0.274 e.